The van der Waals surface area contributed by atoms with E-state index in [4.69, 9.17) is 5.73 Å². The average molecular weight is 274 g/mol. The molecule has 1 aromatic carbocycles. The minimum atomic E-state index is -1.65. The predicted octanol–water partition coefficient (Wildman–Crippen LogP) is 2.35. The van der Waals surface area contributed by atoms with Crippen molar-refractivity contribution in [1.82, 2.24) is 5.32 Å². The van der Waals surface area contributed by atoms with Crippen LogP contribution in [0.25, 0.3) is 0 Å². The van der Waals surface area contributed by atoms with Gasteiger partial charge in [0.05, 0.1) is 5.56 Å². The van der Waals surface area contributed by atoms with Crippen molar-refractivity contribution in [3.8, 4) is 0 Å². The Hall–Kier alpha value is -1.56. The molecule has 0 spiro atoms. The molecule has 6 heteroatoms. The minimum absolute atomic E-state index is 0.205. The molecule has 106 valence electrons. The topological polar surface area (TPSA) is 55.1 Å². The van der Waals surface area contributed by atoms with E-state index in [1.807, 2.05) is 6.92 Å². The normalized spacial score (nSPS) is 12.3. The van der Waals surface area contributed by atoms with E-state index >= 15 is 0 Å². The molecule has 1 unspecified atom stereocenters. The van der Waals surface area contributed by atoms with Gasteiger partial charge < -0.3 is 11.1 Å². The van der Waals surface area contributed by atoms with E-state index in [0.29, 0.717) is 6.42 Å². The van der Waals surface area contributed by atoms with Crippen molar-refractivity contribution >= 4 is 5.91 Å². The fourth-order valence-electron chi connectivity index (χ4n) is 1.66. The zero-order valence-corrected chi connectivity index (χ0v) is 10.7. The zero-order chi connectivity index (χ0) is 14.4. The first kappa shape index (κ1) is 15.5. The van der Waals surface area contributed by atoms with Crippen molar-refractivity contribution in [1.29, 1.82) is 0 Å². The number of unbranched alkanes of at least 4 members (excludes halogenated alkanes) is 1. The van der Waals surface area contributed by atoms with E-state index in [9.17, 15) is 18.0 Å². The molecule has 19 heavy (non-hydrogen) atoms. The number of hydrogen-bond acceptors (Lipinski definition) is 2. The smallest absolute Gasteiger partial charge is 0.254 e. The second kappa shape index (κ2) is 7.13. The van der Waals surface area contributed by atoms with Crippen molar-refractivity contribution in [3.05, 3.63) is 35.1 Å². The van der Waals surface area contributed by atoms with Crippen molar-refractivity contribution < 1.29 is 18.0 Å². The Bertz CT molecular complexity index is 452. The van der Waals surface area contributed by atoms with Crippen molar-refractivity contribution in [3.63, 3.8) is 0 Å². The molecule has 0 aliphatic carbocycles. The molecule has 3 N–H and O–H groups in total. The highest BCUT2D eigenvalue weighted by Gasteiger charge is 2.20. The predicted molar refractivity (Wildman–Crippen MR) is 66.1 cm³/mol. The fourth-order valence-corrected chi connectivity index (χ4v) is 1.66. The number of carbonyl (C=O) groups excluding carboxylic acids is 1. The monoisotopic (exact) mass is 274 g/mol. The van der Waals surface area contributed by atoms with E-state index in [1.165, 1.54) is 0 Å². The van der Waals surface area contributed by atoms with Gasteiger partial charge in [0.25, 0.3) is 5.91 Å². The van der Waals surface area contributed by atoms with Gasteiger partial charge in [-0.3, -0.25) is 4.79 Å². The van der Waals surface area contributed by atoms with Gasteiger partial charge >= 0.3 is 0 Å². The van der Waals surface area contributed by atoms with Crippen molar-refractivity contribution in [2.75, 3.05) is 6.54 Å². The number of carbonyl (C=O) groups is 1. The summed E-state index contributed by atoms with van der Waals surface area (Å²) in [7, 11) is 0. The largest absolute Gasteiger partial charge is 0.348 e. The Balaban J connectivity index is 2.80. The summed E-state index contributed by atoms with van der Waals surface area (Å²) >= 11 is 0. The highest BCUT2D eigenvalue weighted by Crippen LogP contribution is 2.15. The van der Waals surface area contributed by atoms with E-state index in [1.54, 1.807) is 0 Å². The lowest BCUT2D eigenvalue weighted by atomic mass is 10.1. The van der Waals surface area contributed by atoms with Crippen LogP contribution in [0.3, 0.4) is 0 Å². The molecular weight excluding hydrogens is 257 g/mol. The van der Waals surface area contributed by atoms with Crippen LogP contribution in [-0.2, 0) is 0 Å². The summed E-state index contributed by atoms with van der Waals surface area (Å²) in [6.07, 6.45) is 2.46. The number of benzene rings is 1. The summed E-state index contributed by atoms with van der Waals surface area (Å²) in [5.74, 6) is -5.24. The van der Waals surface area contributed by atoms with Crippen LogP contribution in [0, 0.1) is 17.5 Å². The summed E-state index contributed by atoms with van der Waals surface area (Å²) < 4.78 is 39.2. The summed E-state index contributed by atoms with van der Waals surface area (Å²) in [5.41, 5.74) is 4.97. The number of nitrogens with one attached hydrogen (secondary N) is 1. The highest BCUT2D eigenvalue weighted by atomic mass is 19.2. The lowest BCUT2D eigenvalue weighted by Crippen LogP contribution is -2.40. The van der Waals surface area contributed by atoms with Gasteiger partial charge in [0, 0.05) is 12.6 Å². The maximum Gasteiger partial charge on any atom is 0.254 e. The summed E-state index contributed by atoms with van der Waals surface area (Å²) in [6, 6.07) is 1.33. The molecule has 0 heterocycles. The van der Waals surface area contributed by atoms with Crippen molar-refractivity contribution in [2.24, 2.45) is 5.73 Å². The lowest BCUT2D eigenvalue weighted by molar-refractivity contribution is 0.0930. The Kier molecular flexibility index (Phi) is 5.82. The maximum absolute atomic E-state index is 13.4. The highest BCUT2D eigenvalue weighted by molar-refractivity contribution is 5.94. The molecule has 0 fully saturated rings. The average Bonchev–Trinajstić information content (AvgIpc) is 2.40. The third-order valence-corrected chi connectivity index (χ3v) is 2.81. The molecule has 0 radical (unpaired) electrons. The maximum atomic E-state index is 13.4. The first-order valence-corrected chi connectivity index (χ1v) is 6.15. The molecule has 0 aliphatic rings. The van der Waals surface area contributed by atoms with Crippen LogP contribution in [0.1, 0.15) is 36.5 Å². The molecule has 0 saturated heterocycles. The van der Waals surface area contributed by atoms with E-state index in [2.05, 4.69) is 5.32 Å². The van der Waals surface area contributed by atoms with Gasteiger partial charge in [-0.05, 0) is 18.6 Å². The third-order valence-electron chi connectivity index (χ3n) is 2.81. The Morgan fingerprint density at radius 1 is 1.32 bits per heavy atom. The van der Waals surface area contributed by atoms with Crippen LogP contribution < -0.4 is 11.1 Å². The van der Waals surface area contributed by atoms with Crippen LogP contribution in [0.5, 0.6) is 0 Å². The second-order valence-corrected chi connectivity index (χ2v) is 4.27. The molecule has 0 saturated carbocycles. The number of amides is 1. The van der Waals surface area contributed by atoms with Crippen LogP contribution >= 0.6 is 0 Å². The van der Waals surface area contributed by atoms with Gasteiger partial charge in [0.15, 0.2) is 17.5 Å². The van der Waals surface area contributed by atoms with Gasteiger partial charge in [0.1, 0.15) is 0 Å². The first-order valence-electron chi connectivity index (χ1n) is 6.15. The number of hydrogen-bond donors (Lipinski definition) is 2. The van der Waals surface area contributed by atoms with Gasteiger partial charge in [0.2, 0.25) is 0 Å². The molecule has 3 nitrogen and oxygen atoms in total. The minimum Gasteiger partial charge on any atom is -0.348 e. The zero-order valence-electron chi connectivity index (χ0n) is 10.7. The van der Waals surface area contributed by atoms with Crippen LogP contribution in [-0.4, -0.2) is 18.5 Å². The second-order valence-electron chi connectivity index (χ2n) is 4.27. The molecule has 0 aliphatic heterocycles. The van der Waals surface area contributed by atoms with Gasteiger partial charge in [-0.1, -0.05) is 19.8 Å². The van der Waals surface area contributed by atoms with E-state index in [-0.39, 0.29) is 12.6 Å². The van der Waals surface area contributed by atoms with Crippen LogP contribution in [0.2, 0.25) is 0 Å². The van der Waals surface area contributed by atoms with Gasteiger partial charge in [-0.25, -0.2) is 13.2 Å². The Morgan fingerprint density at radius 2 is 2.00 bits per heavy atom. The SMILES string of the molecule is CCCCC(CN)NC(=O)c1ccc(F)c(F)c1F. The summed E-state index contributed by atoms with van der Waals surface area (Å²) in [5, 5.41) is 2.51. The van der Waals surface area contributed by atoms with Gasteiger partial charge in [-0.2, -0.15) is 0 Å². The number of halogens is 3. The quantitative estimate of drug-likeness (QED) is 0.782. The molecule has 1 aromatic rings. The summed E-state index contributed by atoms with van der Waals surface area (Å²) in [4.78, 5) is 11.8. The number of rotatable bonds is 6. The Labute approximate surface area is 110 Å². The van der Waals surface area contributed by atoms with E-state index in [0.717, 1.165) is 25.0 Å². The fraction of sp³-hybridized carbons (Fsp3) is 0.462. The summed E-state index contributed by atoms with van der Waals surface area (Å²) in [6.45, 7) is 2.20. The molecule has 0 bridgehead atoms. The van der Waals surface area contributed by atoms with Crippen LogP contribution in [0.4, 0.5) is 13.2 Å². The molecular formula is C13H17F3N2O. The first-order chi connectivity index (χ1) is 9.01. The van der Waals surface area contributed by atoms with Gasteiger partial charge in [-0.15, -0.1) is 0 Å². The molecule has 1 atom stereocenters. The van der Waals surface area contributed by atoms with Crippen LogP contribution in [0.15, 0.2) is 12.1 Å². The third kappa shape index (κ3) is 3.96. The number of nitrogens with two attached hydrogens (primary N) is 1. The standard InChI is InChI=1S/C13H17F3N2O/c1-2-3-4-8(7-17)18-13(19)9-5-6-10(14)12(16)11(9)15/h5-6,8H,2-4,7,17H2,1H3,(H,18,19). The molecule has 1 rings (SSSR count). The molecule has 1 amide bonds. The van der Waals surface area contributed by atoms with E-state index < -0.39 is 28.9 Å². The van der Waals surface area contributed by atoms with Crippen molar-refractivity contribution in [2.45, 2.75) is 32.2 Å². The lowest BCUT2D eigenvalue weighted by Gasteiger charge is -2.16. The molecule has 0 aromatic heterocycles. The Morgan fingerprint density at radius 3 is 2.58 bits per heavy atom.